The molecule has 0 spiro atoms. The number of hydrogen-bond donors (Lipinski definition) is 2. The lowest BCUT2D eigenvalue weighted by molar-refractivity contribution is 0.424. The van der Waals surface area contributed by atoms with Crippen molar-refractivity contribution in [3.63, 3.8) is 0 Å². The summed E-state index contributed by atoms with van der Waals surface area (Å²) in [6, 6.07) is 10.4. The van der Waals surface area contributed by atoms with Crippen molar-refractivity contribution in [2.24, 2.45) is 0 Å². The number of nitrogens with zero attached hydrogens (tertiary/aromatic N) is 1. The second-order valence-electron chi connectivity index (χ2n) is 6.23. The van der Waals surface area contributed by atoms with E-state index in [1.165, 1.54) is 0 Å². The fraction of sp³-hybridized carbons (Fsp3) is 0.389. The van der Waals surface area contributed by atoms with Crippen LogP contribution in [0, 0.1) is 0 Å². The summed E-state index contributed by atoms with van der Waals surface area (Å²) in [5.74, 6) is 0.785. The molecule has 1 aromatic heterocycles. The molecule has 0 amide bonds. The van der Waals surface area contributed by atoms with Crippen molar-refractivity contribution in [1.29, 1.82) is 0 Å². The van der Waals surface area contributed by atoms with Gasteiger partial charge in [0, 0.05) is 18.8 Å². The highest BCUT2D eigenvalue weighted by molar-refractivity contribution is 7.89. The van der Waals surface area contributed by atoms with Gasteiger partial charge in [-0.3, -0.25) is 0 Å². The number of thiocarbonyl (C=S) groups is 1. The normalized spacial score (nSPS) is 16.0. The van der Waals surface area contributed by atoms with Gasteiger partial charge in [-0.15, -0.1) is 0 Å². The summed E-state index contributed by atoms with van der Waals surface area (Å²) in [7, 11) is -3.43. The minimum Gasteiger partial charge on any atom is -0.467 e. The Kier molecular flexibility index (Phi) is 6.29. The van der Waals surface area contributed by atoms with E-state index < -0.39 is 10.0 Å². The number of rotatable bonds is 5. The number of nitrogens with one attached hydrogen (secondary N) is 2. The first-order valence-corrected chi connectivity index (χ1v) is 10.6. The van der Waals surface area contributed by atoms with Crippen LogP contribution in [0.3, 0.4) is 0 Å². The predicted octanol–water partition coefficient (Wildman–Crippen LogP) is 3.33. The van der Waals surface area contributed by atoms with Gasteiger partial charge in [0.2, 0.25) is 10.0 Å². The first-order chi connectivity index (χ1) is 12.6. The van der Waals surface area contributed by atoms with Crippen molar-refractivity contribution >= 4 is 33.0 Å². The molecular weight excluding hydrogens is 370 g/mol. The third-order valence-corrected chi connectivity index (χ3v) is 6.48. The van der Waals surface area contributed by atoms with Crippen molar-refractivity contribution in [2.75, 3.05) is 18.4 Å². The molecule has 0 bridgehead atoms. The molecule has 8 heteroatoms. The average molecular weight is 394 g/mol. The van der Waals surface area contributed by atoms with Crippen molar-refractivity contribution < 1.29 is 12.8 Å². The van der Waals surface area contributed by atoms with Crippen LogP contribution in [0.2, 0.25) is 0 Å². The van der Waals surface area contributed by atoms with Gasteiger partial charge in [-0.2, -0.15) is 4.31 Å². The highest BCUT2D eigenvalue weighted by atomic mass is 32.2. The van der Waals surface area contributed by atoms with Crippen molar-refractivity contribution in [3.05, 3.63) is 48.4 Å². The Morgan fingerprint density at radius 3 is 2.38 bits per heavy atom. The molecule has 140 valence electrons. The van der Waals surface area contributed by atoms with E-state index >= 15 is 0 Å². The molecule has 1 saturated heterocycles. The van der Waals surface area contributed by atoms with Gasteiger partial charge in [-0.1, -0.05) is 12.8 Å². The molecule has 1 aliphatic rings. The Hall–Kier alpha value is -1.90. The van der Waals surface area contributed by atoms with Crippen molar-refractivity contribution in [1.82, 2.24) is 9.62 Å². The van der Waals surface area contributed by atoms with Gasteiger partial charge >= 0.3 is 0 Å². The minimum absolute atomic E-state index is 0.319. The molecule has 0 unspecified atom stereocenters. The predicted molar refractivity (Wildman–Crippen MR) is 105 cm³/mol. The van der Waals surface area contributed by atoms with E-state index in [4.69, 9.17) is 16.6 Å². The van der Waals surface area contributed by atoms with Crippen LogP contribution in [-0.2, 0) is 16.6 Å². The van der Waals surface area contributed by atoms with Crippen LogP contribution in [0.4, 0.5) is 5.69 Å². The van der Waals surface area contributed by atoms with Gasteiger partial charge in [0.15, 0.2) is 5.11 Å². The Bertz CT molecular complexity index is 810. The van der Waals surface area contributed by atoms with Crippen LogP contribution in [0.15, 0.2) is 52.0 Å². The van der Waals surface area contributed by atoms with E-state index in [0.29, 0.717) is 29.6 Å². The smallest absolute Gasteiger partial charge is 0.243 e. The molecule has 0 radical (unpaired) electrons. The zero-order valence-corrected chi connectivity index (χ0v) is 16.1. The summed E-state index contributed by atoms with van der Waals surface area (Å²) < 4.78 is 32.4. The molecule has 0 atom stereocenters. The van der Waals surface area contributed by atoms with Crippen LogP contribution in [0.5, 0.6) is 0 Å². The van der Waals surface area contributed by atoms with Crippen LogP contribution < -0.4 is 10.6 Å². The van der Waals surface area contributed by atoms with E-state index in [0.717, 1.165) is 37.1 Å². The van der Waals surface area contributed by atoms with E-state index in [2.05, 4.69) is 10.6 Å². The molecular formula is C18H23N3O3S2. The van der Waals surface area contributed by atoms with Crippen LogP contribution in [-0.4, -0.2) is 30.9 Å². The highest BCUT2D eigenvalue weighted by Gasteiger charge is 2.24. The molecule has 26 heavy (non-hydrogen) atoms. The lowest BCUT2D eigenvalue weighted by Crippen LogP contribution is -2.32. The van der Waals surface area contributed by atoms with Gasteiger partial charge in [0.05, 0.1) is 17.7 Å². The molecule has 2 N–H and O–H groups in total. The van der Waals surface area contributed by atoms with E-state index in [9.17, 15) is 8.42 Å². The SMILES string of the molecule is O=S(=O)(c1ccc(NC(=S)NCc2ccco2)cc1)N1CCCCCC1. The quantitative estimate of drug-likeness (QED) is 0.759. The molecule has 6 nitrogen and oxygen atoms in total. The maximum absolute atomic E-state index is 12.8. The van der Waals surface area contributed by atoms with Gasteiger partial charge in [-0.05, 0) is 61.5 Å². The van der Waals surface area contributed by atoms with E-state index in [-0.39, 0.29) is 0 Å². The van der Waals surface area contributed by atoms with Crippen molar-refractivity contribution in [2.45, 2.75) is 37.1 Å². The summed E-state index contributed by atoms with van der Waals surface area (Å²) in [5, 5.41) is 6.53. The summed E-state index contributed by atoms with van der Waals surface area (Å²) in [6.07, 6.45) is 5.65. The first-order valence-electron chi connectivity index (χ1n) is 8.73. The maximum atomic E-state index is 12.8. The Morgan fingerprint density at radius 2 is 1.77 bits per heavy atom. The fourth-order valence-electron chi connectivity index (χ4n) is 2.90. The van der Waals surface area contributed by atoms with Crippen LogP contribution >= 0.6 is 12.2 Å². The first kappa shape index (κ1) is 18.9. The standard InChI is InChI=1S/C18H23N3O3S2/c22-26(23,21-11-3-1-2-4-12-21)17-9-7-15(8-10-17)20-18(25)19-14-16-6-5-13-24-16/h5-10,13H,1-4,11-12,14H2,(H2,19,20,25). The summed E-state index contributed by atoms with van der Waals surface area (Å²) in [4.78, 5) is 0.319. The third kappa shape index (κ3) is 4.84. The molecule has 0 aliphatic carbocycles. The lowest BCUT2D eigenvalue weighted by Gasteiger charge is -2.20. The summed E-state index contributed by atoms with van der Waals surface area (Å²) in [5.41, 5.74) is 0.733. The Morgan fingerprint density at radius 1 is 1.08 bits per heavy atom. The fourth-order valence-corrected chi connectivity index (χ4v) is 4.60. The number of anilines is 1. The molecule has 2 heterocycles. The number of benzene rings is 1. The van der Waals surface area contributed by atoms with E-state index in [1.807, 2.05) is 12.1 Å². The summed E-state index contributed by atoms with van der Waals surface area (Å²) in [6.45, 7) is 1.69. The number of furan rings is 1. The van der Waals surface area contributed by atoms with Crippen LogP contribution in [0.1, 0.15) is 31.4 Å². The monoisotopic (exact) mass is 393 g/mol. The minimum atomic E-state index is -3.43. The van der Waals surface area contributed by atoms with Gasteiger partial charge in [0.25, 0.3) is 0 Å². The molecule has 1 fully saturated rings. The second kappa shape index (κ2) is 8.66. The number of sulfonamides is 1. The molecule has 2 aromatic rings. The Balaban J connectivity index is 1.59. The largest absolute Gasteiger partial charge is 0.467 e. The van der Waals surface area contributed by atoms with Gasteiger partial charge < -0.3 is 15.1 Å². The molecule has 1 aromatic carbocycles. The topological polar surface area (TPSA) is 74.6 Å². The second-order valence-corrected chi connectivity index (χ2v) is 8.58. The lowest BCUT2D eigenvalue weighted by atomic mass is 10.2. The maximum Gasteiger partial charge on any atom is 0.243 e. The third-order valence-electron chi connectivity index (χ3n) is 4.32. The van der Waals surface area contributed by atoms with E-state index in [1.54, 1.807) is 34.8 Å². The zero-order valence-electron chi connectivity index (χ0n) is 14.5. The van der Waals surface area contributed by atoms with Gasteiger partial charge in [-0.25, -0.2) is 8.42 Å². The summed E-state index contributed by atoms with van der Waals surface area (Å²) >= 11 is 5.24. The van der Waals surface area contributed by atoms with Gasteiger partial charge in [0.1, 0.15) is 5.76 Å². The zero-order chi connectivity index (χ0) is 18.4. The average Bonchev–Trinajstić information content (AvgIpc) is 3.00. The Labute approximate surface area is 159 Å². The van der Waals surface area contributed by atoms with Crippen LogP contribution in [0.25, 0.3) is 0 Å². The molecule has 0 saturated carbocycles. The highest BCUT2D eigenvalue weighted by Crippen LogP contribution is 2.21. The van der Waals surface area contributed by atoms with Crippen molar-refractivity contribution in [3.8, 4) is 0 Å². The number of hydrogen-bond acceptors (Lipinski definition) is 4. The molecule has 1 aliphatic heterocycles. The molecule has 3 rings (SSSR count).